The molecule has 1 aliphatic rings. The van der Waals surface area contributed by atoms with Gasteiger partial charge in [-0.2, -0.15) is 0 Å². The molecule has 0 bridgehead atoms. The Kier molecular flexibility index (Phi) is 9.48. The van der Waals surface area contributed by atoms with Crippen molar-refractivity contribution in [1.82, 2.24) is 10.3 Å². The number of nitrogens with one attached hydrogen (secondary N) is 2. The number of nitrogens with zero attached hydrogens (tertiary/aromatic N) is 2. The normalized spacial score (nSPS) is 14.4. The molecular weight excluding hydrogens is 500 g/mol. The molecule has 1 aliphatic carbocycles. The quantitative estimate of drug-likeness (QED) is 0.363. The molecule has 1 saturated carbocycles. The first-order valence-electron chi connectivity index (χ1n) is 13.0. The fourth-order valence-electron chi connectivity index (χ4n) is 4.68. The predicted molar refractivity (Wildman–Crippen MR) is 149 cm³/mol. The van der Waals surface area contributed by atoms with Gasteiger partial charge in [-0.05, 0) is 49.6 Å². The number of ether oxygens (including phenoxy) is 1. The van der Waals surface area contributed by atoms with Crippen LogP contribution in [0.4, 0.5) is 10.8 Å². The van der Waals surface area contributed by atoms with Gasteiger partial charge in [0.2, 0.25) is 17.7 Å². The van der Waals surface area contributed by atoms with E-state index in [1.165, 1.54) is 22.7 Å². The monoisotopic (exact) mass is 534 g/mol. The number of aromatic nitrogens is 1. The van der Waals surface area contributed by atoms with Crippen LogP contribution in [0.5, 0.6) is 5.75 Å². The van der Waals surface area contributed by atoms with Crippen LogP contribution in [0.1, 0.15) is 62.1 Å². The average Bonchev–Trinajstić information content (AvgIpc) is 3.44. The first kappa shape index (κ1) is 27.3. The topological polar surface area (TPSA) is 101 Å². The molecule has 0 aliphatic heterocycles. The van der Waals surface area contributed by atoms with Crippen LogP contribution in [0, 0.1) is 6.92 Å². The fraction of sp³-hybridized carbons (Fsp3) is 0.379. The third-order valence-electron chi connectivity index (χ3n) is 6.72. The Morgan fingerprint density at radius 2 is 1.74 bits per heavy atom. The second kappa shape index (κ2) is 13.2. The first-order chi connectivity index (χ1) is 18.4. The number of hydrogen-bond donors (Lipinski definition) is 2. The predicted octanol–water partition coefficient (Wildman–Crippen LogP) is 5.40. The molecule has 1 atom stereocenters. The van der Waals surface area contributed by atoms with Crippen LogP contribution < -0.4 is 20.3 Å². The maximum Gasteiger partial charge on any atom is 0.248 e. The van der Waals surface area contributed by atoms with E-state index in [0.717, 1.165) is 31.2 Å². The van der Waals surface area contributed by atoms with Crippen molar-refractivity contribution in [2.24, 2.45) is 0 Å². The number of hydrogen-bond acceptors (Lipinski definition) is 6. The molecule has 1 heterocycles. The van der Waals surface area contributed by atoms with Crippen molar-refractivity contribution >= 4 is 39.9 Å². The van der Waals surface area contributed by atoms with Crippen LogP contribution in [-0.2, 0) is 14.4 Å². The molecule has 0 saturated heterocycles. The van der Waals surface area contributed by atoms with Crippen LogP contribution in [0.3, 0.4) is 0 Å². The summed E-state index contributed by atoms with van der Waals surface area (Å²) in [7, 11) is 1.58. The molecule has 2 aromatic carbocycles. The summed E-state index contributed by atoms with van der Waals surface area (Å²) in [6, 6.07) is 13.9. The zero-order valence-corrected chi connectivity index (χ0v) is 22.6. The molecule has 200 valence electrons. The number of amides is 3. The molecule has 4 rings (SSSR count). The Morgan fingerprint density at radius 1 is 1.03 bits per heavy atom. The molecular formula is C29H34N4O4S. The van der Waals surface area contributed by atoms with Gasteiger partial charge in [0.15, 0.2) is 5.13 Å². The van der Waals surface area contributed by atoms with E-state index >= 15 is 0 Å². The minimum Gasteiger partial charge on any atom is -0.497 e. The van der Waals surface area contributed by atoms with E-state index in [0.29, 0.717) is 22.1 Å². The summed E-state index contributed by atoms with van der Waals surface area (Å²) >= 11 is 1.31. The molecule has 2 N–H and O–H groups in total. The second-order valence-electron chi connectivity index (χ2n) is 9.50. The Bertz CT molecular complexity index is 1210. The summed E-state index contributed by atoms with van der Waals surface area (Å²) < 4.78 is 5.31. The number of methoxy groups -OCH3 is 1. The van der Waals surface area contributed by atoms with Crippen LogP contribution in [-0.4, -0.2) is 35.9 Å². The van der Waals surface area contributed by atoms with E-state index in [-0.39, 0.29) is 36.6 Å². The minimum absolute atomic E-state index is 0.0274. The molecule has 0 radical (unpaired) electrons. The summed E-state index contributed by atoms with van der Waals surface area (Å²) in [5.74, 6) is -0.192. The fourth-order valence-corrected chi connectivity index (χ4v) is 5.23. The number of anilines is 2. The van der Waals surface area contributed by atoms with Crippen molar-refractivity contribution in [3.05, 3.63) is 71.2 Å². The zero-order valence-electron chi connectivity index (χ0n) is 21.8. The van der Waals surface area contributed by atoms with Crippen molar-refractivity contribution in [3.8, 4) is 5.75 Å². The highest BCUT2D eigenvalue weighted by Gasteiger charge is 2.34. The van der Waals surface area contributed by atoms with Crippen molar-refractivity contribution in [2.75, 3.05) is 17.3 Å². The van der Waals surface area contributed by atoms with Crippen molar-refractivity contribution in [2.45, 2.75) is 64.0 Å². The van der Waals surface area contributed by atoms with Gasteiger partial charge >= 0.3 is 0 Å². The van der Waals surface area contributed by atoms with Crippen molar-refractivity contribution in [3.63, 3.8) is 0 Å². The van der Waals surface area contributed by atoms with E-state index in [4.69, 9.17) is 4.74 Å². The number of thiazole rings is 1. The van der Waals surface area contributed by atoms with Gasteiger partial charge in [0.05, 0.1) is 7.11 Å². The van der Waals surface area contributed by atoms with E-state index in [9.17, 15) is 14.4 Å². The van der Waals surface area contributed by atoms with Crippen LogP contribution in [0.25, 0.3) is 0 Å². The van der Waals surface area contributed by atoms with Gasteiger partial charge in [-0.25, -0.2) is 4.98 Å². The molecule has 0 spiro atoms. The maximum atomic E-state index is 13.9. The number of carbonyl (C=O) groups is 3. The molecule has 38 heavy (non-hydrogen) atoms. The summed E-state index contributed by atoms with van der Waals surface area (Å²) in [6.45, 7) is 1.97. The highest BCUT2D eigenvalue weighted by molar-refractivity contribution is 7.13. The number of aryl methyl sites for hydroxylation is 1. The van der Waals surface area contributed by atoms with Gasteiger partial charge in [-0.3, -0.25) is 19.3 Å². The lowest BCUT2D eigenvalue weighted by atomic mass is 9.94. The van der Waals surface area contributed by atoms with Crippen molar-refractivity contribution < 1.29 is 19.1 Å². The van der Waals surface area contributed by atoms with Crippen molar-refractivity contribution in [1.29, 1.82) is 0 Å². The lowest BCUT2D eigenvalue weighted by Gasteiger charge is -2.33. The Labute approximate surface area is 227 Å². The molecule has 1 fully saturated rings. The van der Waals surface area contributed by atoms with Crippen LogP contribution in [0.2, 0.25) is 0 Å². The van der Waals surface area contributed by atoms with Gasteiger partial charge in [-0.1, -0.05) is 49.1 Å². The standard InChI is InChI=1S/C29H34N4O4S/c1-20-8-12-23(13-9-20)33(26(35)17-16-25(34)32-29-30-18-19-38-29)27(21-10-14-24(37-2)15-11-21)28(36)31-22-6-4-3-5-7-22/h8-15,18-19,22,27H,3-7,16-17H2,1-2H3,(H,31,36)(H,30,32,34)/t27-/m1/s1. The molecule has 8 nitrogen and oxygen atoms in total. The Morgan fingerprint density at radius 3 is 2.37 bits per heavy atom. The third-order valence-corrected chi connectivity index (χ3v) is 7.40. The van der Waals surface area contributed by atoms with E-state index in [1.54, 1.807) is 30.8 Å². The molecule has 9 heteroatoms. The Hall–Kier alpha value is -3.72. The highest BCUT2D eigenvalue weighted by Crippen LogP contribution is 2.31. The number of carbonyl (C=O) groups excluding carboxylic acids is 3. The third kappa shape index (κ3) is 7.19. The molecule has 3 amide bonds. The van der Waals surface area contributed by atoms with Gasteiger partial charge in [0, 0.05) is 36.1 Å². The van der Waals surface area contributed by atoms with Gasteiger partial charge in [0.1, 0.15) is 11.8 Å². The number of rotatable bonds is 10. The van der Waals surface area contributed by atoms with Gasteiger partial charge < -0.3 is 15.4 Å². The summed E-state index contributed by atoms with van der Waals surface area (Å²) in [5, 5.41) is 8.18. The van der Waals surface area contributed by atoms with E-state index in [1.807, 2.05) is 43.3 Å². The minimum atomic E-state index is -0.903. The smallest absolute Gasteiger partial charge is 0.248 e. The summed E-state index contributed by atoms with van der Waals surface area (Å²) in [5.41, 5.74) is 2.30. The first-order valence-corrected chi connectivity index (χ1v) is 13.8. The van der Waals surface area contributed by atoms with E-state index in [2.05, 4.69) is 15.6 Å². The van der Waals surface area contributed by atoms with Crippen LogP contribution in [0.15, 0.2) is 60.1 Å². The highest BCUT2D eigenvalue weighted by atomic mass is 32.1. The summed E-state index contributed by atoms with van der Waals surface area (Å²) in [6.07, 6.45) is 6.70. The average molecular weight is 535 g/mol. The van der Waals surface area contributed by atoms with Gasteiger partial charge in [0.25, 0.3) is 0 Å². The van der Waals surface area contributed by atoms with E-state index < -0.39 is 6.04 Å². The largest absolute Gasteiger partial charge is 0.497 e. The second-order valence-corrected chi connectivity index (χ2v) is 10.4. The Balaban J connectivity index is 1.64. The lowest BCUT2D eigenvalue weighted by Crippen LogP contribution is -2.47. The SMILES string of the molecule is COc1ccc([C@H](C(=O)NC2CCCCC2)N(C(=O)CCC(=O)Nc2nccs2)c2ccc(C)cc2)cc1. The molecule has 3 aromatic rings. The van der Waals surface area contributed by atoms with Gasteiger partial charge in [-0.15, -0.1) is 11.3 Å². The molecule has 1 aromatic heterocycles. The number of benzene rings is 2. The summed E-state index contributed by atoms with van der Waals surface area (Å²) in [4.78, 5) is 45.8. The zero-order chi connectivity index (χ0) is 26.9. The maximum absolute atomic E-state index is 13.9. The molecule has 0 unspecified atom stereocenters. The lowest BCUT2D eigenvalue weighted by molar-refractivity contribution is -0.127. The van der Waals surface area contributed by atoms with Crippen LogP contribution >= 0.6 is 11.3 Å².